The van der Waals surface area contributed by atoms with Gasteiger partial charge in [-0.25, -0.2) is 4.79 Å². The van der Waals surface area contributed by atoms with Gasteiger partial charge in [0.2, 0.25) is 0 Å². The minimum atomic E-state index is -0.332. The number of hydrogen-bond donors (Lipinski definition) is 0. The lowest BCUT2D eigenvalue weighted by molar-refractivity contribution is -0.137. The fourth-order valence-electron chi connectivity index (χ4n) is 1.77. The van der Waals surface area contributed by atoms with E-state index in [1.54, 1.807) is 13.0 Å². The Labute approximate surface area is 124 Å². The van der Waals surface area contributed by atoms with Gasteiger partial charge in [-0.3, -0.25) is 0 Å². The van der Waals surface area contributed by atoms with E-state index in [2.05, 4.69) is 0 Å². The molecular weight excluding hydrogens is 264 g/mol. The highest BCUT2D eigenvalue weighted by molar-refractivity contribution is 5.87. The van der Waals surface area contributed by atoms with Gasteiger partial charge in [-0.05, 0) is 36.3 Å². The molecule has 0 aromatic heterocycles. The SMILES string of the molecule is CCOC(=O)/C=C\c1ccc(OCc2ccccc2)cc1. The van der Waals surface area contributed by atoms with Crippen LogP contribution in [0.4, 0.5) is 0 Å². The second-order valence-electron chi connectivity index (χ2n) is 4.43. The number of esters is 1. The van der Waals surface area contributed by atoms with Crippen molar-refractivity contribution in [3.05, 3.63) is 71.8 Å². The van der Waals surface area contributed by atoms with Crippen molar-refractivity contribution >= 4 is 12.0 Å². The second-order valence-corrected chi connectivity index (χ2v) is 4.43. The third-order valence-corrected chi connectivity index (χ3v) is 2.83. The molecular formula is C18H18O3. The Bertz CT molecular complexity index is 586. The molecule has 0 unspecified atom stereocenters. The lowest BCUT2D eigenvalue weighted by Gasteiger charge is -2.06. The molecule has 0 heterocycles. The normalized spacial score (nSPS) is 10.5. The third-order valence-electron chi connectivity index (χ3n) is 2.83. The number of hydrogen-bond acceptors (Lipinski definition) is 3. The predicted octanol–water partition coefficient (Wildman–Crippen LogP) is 3.84. The van der Waals surface area contributed by atoms with E-state index in [9.17, 15) is 4.79 Å². The van der Waals surface area contributed by atoms with E-state index in [0.717, 1.165) is 16.9 Å². The molecule has 108 valence electrons. The summed E-state index contributed by atoms with van der Waals surface area (Å²) >= 11 is 0. The molecule has 0 aliphatic carbocycles. The fraction of sp³-hybridized carbons (Fsp3) is 0.167. The van der Waals surface area contributed by atoms with E-state index in [1.165, 1.54) is 6.08 Å². The summed E-state index contributed by atoms with van der Waals surface area (Å²) in [4.78, 5) is 11.2. The van der Waals surface area contributed by atoms with Crippen LogP contribution in [0.25, 0.3) is 6.08 Å². The van der Waals surface area contributed by atoms with Crippen molar-refractivity contribution in [1.82, 2.24) is 0 Å². The van der Waals surface area contributed by atoms with E-state index in [1.807, 2.05) is 54.6 Å². The van der Waals surface area contributed by atoms with Crippen molar-refractivity contribution in [3.8, 4) is 5.75 Å². The Balaban J connectivity index is 1.88. The van der Waals surface area contributed by atoms with Gasteiger partial charge in [0.1, 0.15) is 12.4 Å². The summed E-state index contributed by atoms with van der Waals surface area (Å²) in [6, 6.07) is 17.6. The molecule has 0 saturated carbocycles. The number of carbonyl (C=O) groups is 1. The van der Waals surface area contributed by atoms with Crippen LogP contribution in [0.3, 0.4) is 0 Å². The molecule has 3 nitrogen and oxygen atoms in total. The minimum Gasteiger partial charge on any atom is -0.489 e. The van der Waals surface area contributed by atoms with Crippen molar-refractivity contribution in [2.24, 2.45) is 0 Å². The highest BCUT2D eigenvalue weighted by atomic mass is 16.5. The van der Waals surface area contributed by atoms with E-state index in [-0.39, 0.29) is 5.97 Å². The van der Waals surface area contributed by atoms with Crippen LogP contribution in [0.1, 0.15) is 18.1 Å². The topological polar surface area (TPSA) is 35.5 Å². The zero-order chi connectivity index (χ0) is 14.9. The molecule has 2 aromatic rings. The lowest BCUT2D eigenvalue weighted by atomic mass is 10.2. The monoisotopic (exact) mass is 282 g/mol. The van der Waals surface area contributed by atoms with Crippen LogP contribution >= 0.6 is 0 Å². The van der Waals surface area contributed by atoms with Gasteiger partial charge in [0, 0.05) is 6.08 Å². The van der Waals surface area contributed by atoms with Crippen LogP contribution in [-0.4, -0.2) is 12.6 Å². The number of rotatable bonds is 6. The Hall–Kier alpha value is -2.55. The largest absolute Gasteiger partial charge is 0.489 e. The lowest BCUT2D eigenvalue weighted by Crippen LogP contribution is -1.98. The average Bonchev–Trinajstić information content (AvgIpc) is 2.53. The molecule has 0 bridgehead atoms. The highest BCUT2D eigenvalue weighted by Crippen LogP contribution is 2.15. The second kappa shape index (κ2) is 7.90. The molecule has 0 radical (unpaired) electrons. The molecule has 0 N–H and O–H groups in total. The van der Waals surface area contributed by atoms with Gasteiger partial charge in [0.15, 0.2) is 0 Å². The van der Waals surface area contributed by atoms with Gasteiger partial charge in [0.05, 0.1) is 6.61 Å². The van der Waals surface area contributed by atoms with E-state index >= 15 is 0 Å². The maximum atomic E-state index is 11.2. The summed E-state index contributed by atoms with van der Waals surface area (Å²) in [7, 11) is 0. The molecule has 0 amide bonds. The van der Waals surface area contributed by atoms with Crippen LogP contribution in [0.15, 0.2) is 60.7 Å². The molecule has 0 aliphatic rings. The molecule has 0 spiro atoms. The zero-order valence-corrected chi connectivity index (χ0v) is 12.0. The number of benzene rings is 2. The van der Waals surface area contributed by atoms with Gasteiger partial charge >= 0.3 is 5.97 Å². The maximum Gasteiger partial charge on any atom is 0.330 e. The molecule has 3 heteroatoms. The van der Waals surface area contributed by atoms with Gasteiger partial charge in [0.25, 0.3) is 0 Å². The van der Waals surface area contributed by atoms with Crippen LogP contribution < -0.4 is 4.74 Å². The summed E-state index contributed by atoms with van der Waals surface area (Å²) in [5.41, 5.74) is 2.05. The summed E-state index contributed by atoms with van der Waals surface area (Å²) in [5.74, 6) is 0.467. The first-order valence-electron chi connectivity index (χ1n) is 6.89. The van der Waals surface area contributed by atoms with Crippen LogP contribution in [0.5, 0.6) is 5.75 Å². The van der Waals surface area contributed by atoms with E-state index in [4.69, 9.17) is 9.47 Å². The molecule has 2 rings (SSSR count). The van der Waals surface area contributed by atoms with Gasteiger partial charge < -0.3 is 9.47 Å². The summed E-state index contributed by atoms with van der Waals surface area (Å²) in [6.07, 6.45) is 3.14. The van der Waals surface area contributed by atoms with Crippen molar-refractivity contribution in [1.29, 1.82) is 0 Å². The predicted molar refractivity (Wildman–Crippen MR) is 82.9 cm³/mol. The Kier molecular flexibility index (Phi) is 5.59. The van der Waals surface area contributed by atoms with Crippen LogP contribution in [0.2, 0.25) is 0 Å². The molecule has 0 fully saturated rings. The number of carbonyl (C=O) groups excluding carboxylic acids is 1. The minimum absolute atomic E-state index is 0.332. The Morgan fingerprint density at radius 3 is 2.43 bits per heavy atom. The third kappa shape index (κ3) is 5.15. The van der Waals surface area contributed by atoms with Crippen LogP contribution in [0, 0.1) is 0 Å². The molecule has 0 saturated heterocycles. The first-order valence-corrected chi connectivity index (χ1v) is 6.89. The quantitative estimate of drug-likeness (QED) is 0.596. The Morgan fingerprint density at radius 1 is 1.05 bits per heavy atom. The van der Waals surface area contributed by atoms with Crippen LogP contribution in [-0.2, 0) is 16.1 Å². The molecule has 0 atom stereocenters. The molecule has 21 heavy (non-hydrogen) atoms. The summed E-state index contributed by atoms with van der Waals surface area (Å²) in [6.45, 7) is 2.71. The highest BCUT2D eigenvalue weighted by Gasteiger charge is 1.97. The first-order chi connectivity index (χ1) is 10.3. The van der Waals surface area contributed by atoms with Gasteiger partial charge in [-0.2, -0.15) is 0 Å². The standard InChI is InChI=1S/C18H18O3/c1-2-20-18(19)13-10-15-8-11-17(12-9-15)21-14-16-6-4-3-5-7-16/h3-13H,2,14H2,1H3/b13-10-. The van der Waals surface area contributed by atoms with Crippen molar-refractivity contribution in [2.75, 3.05) is 6.61 Å². The van der Waals surface area contributed by atoms with Crippen molar-refractivity contribution < 1.29 is 14.3 Å². The fourth-order valence-corrected chi connectivity index (χ4v) is 1.77. The van der Waals surface area contributed by atoms with Gasteiger partial charge in [-0.1, -0.05) is 42.5 Å². The summed E-state index contributed by atoms with van der Waals surface area (Å²) < 4.78 is 10.5. The van der Waals surface area contributed by atoms with Crippen molar-refractivity contribution in [3.63, 3.8) is 0 Å². The Morgan fingerprint density at radius 2 is 1.76 bits per heavy atom. The first kappa shape index (κ1) is 14.9. The van der Waals surface area contributed by atoms with E-state index < -0.39 is 0 Å². The smallest absolute Gasteiger partial charge is 0.330 e. The average molecular weight is 282 g/mol. The van der Waals surface area contributed by atoms with E-state index in [0.29, 0.717) is 13.2 Å². The maximum absolute atomic E-state index is 11.2. The zero-order valence-electron chi connectivity index (χ0n) is 12.0. The molecule has 0 aliphatic heterocycles. The van der Waals surface area contributed by atoms with Crippen molar-refractivity contribution in [2.45, 2.75) is 13.5 Å². The summed E-state index contributed by atoms with van der Waals surface area (Å²) in [5, 5.41) is 0. The number of ether oxygens (including phenoxy) is 2. The molecule has 2 aromatic carbocycles. The van der Waals surface area contributed by atoms with Gasteiger partial charge in [-0.15, -0.1) is 0 Å².